The van der Waals surface area contributed by atoms with Crippen molar-refractivity contribution in [2.45, 2.75) is 19.9 Å². The number of benzene rings is 1. The van der Waals surface area contributed by atoms with E-state index in [-0.39, 0.29) is 11.9 Å². The lowest BCUT2D eigenvalue weighted by molar-refractivity contribution is 0.339. The van der Waals surface area contributed by atoms with Crippen molar-refractivity contribution in [3.63, 3.8) is 0 Å². The zero-order valence-electron chi connectivity index (χ0n) is 11.1. The molecule has 2 rings (SSSR count). The van der Waals surface area contributed by atoms with E-state index >= 15 is 0 Å². The molecule has 0 fully saturated rings. The highest BCUT2D eigenvalue weighted by molar-refractivity contribution is 5.57. The van der Waals surface area contributed by atoms with Crippen molar-refractivity contribution in [1.29, 1.82) is 0 Å². The van der Waals surface area contributed by atoms with Crippen molar-refractivity contribution >= 4 is 5.69 Å². The molecule has 19 heavy (non-hydrogen) atoms. The third-order valence-electron chi connectivity index (χ3n) is 2.80. The van der Waals surface area contributed by atoms with Gasteiger partial charge in [-0.15, -0.1) is 0 Å². The molecule has 0 aliphatic rings. The van der Waals surface area contributed by atoms with Gasteiger partial charge in [0, 0.05) is 18.5 Å². The van der Waals surface area contributed by atoms with Crippen molar-refractivity contribution in [2.24, 2.45) is 0 Å². The van der Waals surface area contributed by atoms with Gasteiger partial charge in [-0.05, 0) is 37.6 Å². The summed E-state index contributed by atoms with van der Waals surface area (Å²) in [6.07, 6.45) is 3.54. The number of ether oxygens (including phenoxy) is 1. The van der Waals surface area contributed by atoms with Gasteiger partial charge in [0.1, 0.15) is 11.6 Å². The molecule has 0 saturated carbocycles. The van der Waals surface area contributed by atoms with Gasteiger partial charge in [0.25, 0.3) is 0 Å². The lowest BCUT2D eigenvalue weighted by Crippen LogP contribution is -2.08. The number of aromatic nitrogens is 1. The summed E-state index contributed by atoms with van der Waals surface area (Å²) in [7, 11) is 0. The normalized spacial score (nSPS) is 11.9. The van der Waals surface area contributed by atoms with Crippen molar-refractivity contribution in [1.82, 2.24) is 4.98 Å². The average Bonchev–Trinajstić information content (AvgIpc) is 2.43. The molecule has 4 heteroatoms. The minimum Gasteiger partial charge on any atom is -0.492 e. The van der Waals surface area contributed by atoms with Gasteiger partial charge in [-0.1, -0.05) is 6.07 Å². The van der Waals surface area contributed by atoms with Crippen LogP contribution in [0.5, 0.6) is 5.75 Å². The van der Waals surface area contributed by atoms with Gasteiger partial charge < -0.3 is 10.1 Å². The number of rotatable bonds is 5. The van der Waals surface area contributed by atoms with E-state index in [1.54, 1.807) is 12.3 Å². The second-order valence-corrected chi connectivity index (χ2v) is 4.23. The van der Waals surface area contributed by atoms with Crippen LogP contribution in [0, 0.1) is 5.82 Å². The summed E-state index contributed by atoms with van der Waals surface area (Å²) in [5.41, 5.74) is 1.84. The standard InChI is InChI=1S/C15H17FN2O/c1-3-19-15-9-13(16)6-7-14(15)18-11(2)12-5-4-8-17-10-12/h4-11,18H,3H2,1-2H3. The van der Waals surface area contributed by atoms with E-state index in [0.717, 1.165) is 11.3 Å². The second kappa shape index (κ2) is 6.18. The molecule has 100 valence electrons. The third-order valence-corrected chi connectivity index (χ3v) is 2.80. The van der Waals surface area contributed by atoms with E-state index < -0.39 is 0 Å². The lowest BCUT2D eigenvalue weighted by Gasteiger charge is -2.18. The Morgan fingerprint density at radius 3 is 2.89 bits per heavy atom. The van der Waals surface area contributed by atoms with E-state index in [1.807, 2.05) is 32.2 Å². The van der Waals surface area contributed by atoms with Crippen LogP contribution < -0.4 is 10.1 Å². The number of hydrogen-bond donors (Lipinski definition) is 1. The first-order valence-electron chi connectivity index (χ1n) is 6.29. The molecule has 0 saturated heterocycles. The van der Waals surface area contributed by atoms with Crippen LogP contribution in [0.4, 0.5) is 10.1 Å². The monoisotopic (exact) mass is 260 g/mol. The first kappa shape index (κ1) is 13.3. The number of pyridine rings is 1. The average molecular weight is 260 g/mol. The van der Waals surface area contributed by atoms with Gasteiger partial charge in [0.2, 0.25) is 0 Å². The number of nitrogens with zero attached hydrogens (tertiary/aromatic N) is 1. The molecule has 1 unspecified atom stereocenters. The Hall–Kier alpha value is -2.10. The molecule has 1 aromatic heterocycles. The number of anilines is 1. The largest absolute Gasteiger partial charge is 0.492 e. The van der Waals surface area contributed by atoms with Crippen molar-refractivity contribution in [3.05, 3.63) is 54.1 Å². The van der Waals surface area contributed by atoms with Crippen LogP contribution in [0.2, 0.25) is 0 Å². The first-order chi connectivity index (χ1) is 9.20. The maximum atomic E-state index is 13.2. The van der Waals surface area contributed by atoms with Crippen molar-refractivity contribution in [3.8, 4) is 5.75 Å². The molecule has 1 heterocycles. The lowest BCUT2D eigenvalue weighted by atomic mass is 10.1. The SMILES string of the molecule is CCOc1cc(F)ccc1NC(C)c1cccnc1. The van der Waals surface area contributed by atoms with E-state index in [9.17, 15) is 4.39 Å². The Balaban J connectivity index is 2.18. The Labute approximate surface area is 112 Å². The van der Waals surface area contributed by atoms with Gasteiger partial charge >= 0.3 is 0 Å². The predicted molar refractivity (Wildman–Crippen MR) is 73.8 cm³/mol. The molecular formula is C15H17FN2O. The van der Waals surface area contributed by atoms with Crippen LogP contribution in [0.3, 0.4) is 0 Å². The smallest absolute Gasteiger partial charge is 0.145 e. The second-order valence-electron chi connectivity index (χ2n) is 4.23. The van der Waals surface area contributed by atoms with E-state index in [0.29, 0.717) is 12.4 Å². The maximum absolute atomic E-state index is 13.2. The van der Waals surface area contributed by atoms with Crippen LogP contribution in [0.15, 0.2) is 42.7 Å². The summed E-state index contributed by atoms with van der Waals surface area (Å²) in [6.45, 7) is 4.40. The molecular weight excluding hydrogens is 243 g/mol. The topological polar surface area (TPSA) is 34.1 Å². The molecule has 0 bridgehead atoms. The van der Waals surface area contributed by atoms with Gasteiger partial charge in [0.15, 0.2) is 0 Å². The summed E-state index contributed by atoms with van der Waals surface area (Å²) >= 11 is 0. The third kappa shape index (κ3) is 3.44. The summed E-state index contributed by atoms with van der Waals surface area (Å²) < 4.78 is 18.6. The molecule has 0 radical (unpaired) electrons. The minimum absolute atomic E-state index is 0.0679. The highest BCUT2D eigenvalue weighted by Gasteiger charge is 2.10. The molecule has 3 nitrogen and oxygen atoms in total. The molecule has 0 aliphatic heterocycles. The highest BCUT2D eigenvalue weighted by atomic mass is 19.1. The van der Waals surface area contributed by atoms with E-state index in [1.165, 1.54) is 12.1 Å². The molecule has 1 aromatic carbocycles. The van der Waals surface area contributed by atoms with Crippen molar-refractivity contribution in [2.75, 3.05) is 11.9 Å². The van der Waals surface area contributed by atoms with Crippen LogP contribution in [0.1, 0.15) is 25.5 Å². The Morgan fingerprint density at radius 2 is 2.21 bits per heavy atom. The van der Waals surface area contributed by atoms with Gasteiger partial charge in [-0.2, -0.15) is 0 Å². The summed E-state index contributed by atoms with van der Waals surface area (Å²) in [6, 6.07) is 8.45. The molecule has 0 spiro atoms. The highest BCUT2D eigenvalue weighted by Crippen LogP contribution is 2.29. The molecule has 1 atom stereocenters. The van der Waals surface area contributed by atoms with Gasteiger partial charge in [-0.3, -0.25) is 4.98 Å². The molecule has 0 aliphatic carbocycles. The Kier molecular flexibility index (Phi) is 4.34. The quantitative estimate of drug-likeness (QED) is 0.888. The molecule has 1 N–H and O–H groups in total. The zero-order chi connectivity index (χ0) is 13.7. The van der Waals surface area contributed by atoms with E-state index in [2.05, 4.69) is 10.3 Å². The minimum atomic E-state index is -0.303. The number of halogens is 1. The van der Waals surface area contributed by atoms with Crippen LogP contribution in [-0.2, 0) is 0 Å². The fraction of sp³-hybridized carbons (Fsp3) is 0.267. The van der Waals surface area contributed by atoms with Crippen LogP contribution >= 0.6 is 0 Å². The zero-order valence-corrected chi connectivity index (χ0v) is 11.1. The summed E-state index contributed by atoms with van der Waals surface area (Å²) in [5, 5.41) is 3.31. The Bertz CT molecular complexity index is 531. The predicted octanol–water partition coefficient (Wildman–Crippen LogP) is 3.79. The van der Waals surface area contributed by atoms with Crippen LogP contribution in [-0.4, -0.2) is 11.6 Å². The molecule has 2 aromatic rings. The summed E-state index contributed by atoms with van der Waals surface area (Å²) in [5.74, 6) is 0.223. The maximum Gasteiger partial charge on any atom is 0.145 e. The number of nitrogens with one attached hydrogen (secondary N) is 1. The Morgan fingerprint density at radius 1 is 1.37 bits per heavy atom. The van der Waals surface area contributed by atoms with E-state index in [4.69, 9.17) is 4.74 Å². The van der Waals surface area contributed by atoms with Crippen LogP contribution in [0.25, 0.3) is 0 Å². The van der Waals surface area contributed by atoms with Gasteiger partial charge in [0.05, 0.1) is 18.3 Å². The fourth-order valence-corrected chi connectivity index (χ4v) is 1.84. The summed E-state index contributed by atoms with van der Waals surface area (Å²) in [4.78, 5) is 4.09. The first-order valence-corrected chi connectivity index (χ1v) is 6.29. The number of hydrogen-bond acceptors (Lipinski definition) is 3. The molecule has 0 amide bonds. The fourth-order valence-electron chi connectivity index (χ4n) is 1.84. The van der Waals surface area contributed by atoms with Gasteiger partial charge in [-0.25, -0.2) is 4.39 Å². The van der Waals surface area contributed by atoms with Crippen molar-refractivity contribution < 1.29 is 9.13 Å².